The van der Waals surface area contributed by atoms with Crippen molar-refractivity contribution in [3.05, 3.63) is 57.6 Å². The molecule has 0 aliphatic rings. The molecule has 0 amide bonds. The zero-order chi connectivity index (χ0) is 18.9. The number of hydrogen-bond acceptors (Lipinski definition) is 5. The first-order valence-electron chi connectivity index (χ1n) is 8.47. The molecule has 4 N–H and O–H groups in total. The maximum atomic E-state index is 13.2. The SMILES string of the molecule is CNCCNc1cc(Cl)ccc1C(=O)c1ccc(Cl)cc1NCCNC. The summed E-state index contributed by atoms with van der Waals surface area (Å²) in [5, 5.41) is 13.8. The van der Waals surface area contributed by atoms with Crippen LogP contribution in [0.15, 0.2) is 36.4 Å². The molecule has 0 saturated heterocycles. The van der Waals surface area contributed by atoms with Crippen LogP contribution in [0.4, 0.5) is 11.4 Å². The number of benzene rings is 2. The lowest BCUT2D eigenvalue weighted by molar-refractivity contribution is 0.104. The molecular formula is C19H24Cl2N4O. The van der Waals surface area contributed by atoms with Gasteiger partial charge in [-0.1, -0.05) is 23.2 Å². The molecule has 26 heavy (non-hydrogen) atoms. The van der Waals surface area contributed by atoms with Crippen LogP contribution >= 0.6 is 23.2 Å². The van der Waals surface area contributed by atoms with Crippen molar-refractivity contribution in [1.29, 1.82) is 0 Å². The minimum absolute atomic E-state index is 0.0859. The van der Waals surface area contributed by atoms with Gasteiger partial charge < -0.3 is 21.3 Å². The number of halogens is 2. The predicted molar refractivity (Wildman–Crippen MR) is 111 cm³/mol. The molecule has 0 saturated carbocycles. The van der Waals surface area contributed by atoms with Crippen LogP contribution in [-0.2, 0) is 0 Å². The van der Waals surface area contributed by atoms with Crippen LogP contribution in [0, 0.1) is 0 Å². The molecule has 7 heteroatoms. The molecule has 0 atom stereocenters. The lowest BCUT2D eigenvalue weighted by Gasteiger charge is -2.15. The quantitative estimate of drug-likeness (QED) is 0.367. The molecule has 0 radical (unpaired) electrons. The molecule has 2 aromatic carbocycles. The smallest absolute Gasteiger partial charge is 0.197 e. The van der Waals surface area contributed by atoms with E-state index in [1.807, 2.05) is 14.1 Å². The van der Waals surface area contributed by atoms with Crippen molar-refractivity contribution in [2.24, 2.45) is 0 Å². The first-order valence-corrected chi connectivity index (χ1v) is 9.23. The summed E-state index contributed by atoms with van der Waals surface area (Å²) in [6.45, 7) is 2.92. The minimum atomic E-state index is -0.0859. The van der Waals surface area contributed by atoms with Crippen LogP contribution in [0.1, 0.15) is 15.9 Å². The number of carbonyl (C=O) groups excluding carboxylic acids is 1. The van der Waals surface area contributed by atoms with Gasteiger partial charge in [0.2, 0.25) is 0 Å². The van der Waals surface area contributed by atoms with E-state index in [9.17, 15) is 4.79 Å². The van der Waals surface area contributed by atoms with Crippen LogP contribution in [0.2, 0.25) is 10.0 Å². The summed E-state index contributed by atoms with van der Waals surface area (Å²) in [4.78, 5) is 13.2. The van der Waals surface area contributed by atoms with Gasteiger partial charge in [0.25, 0.3) is 0 Å². The number of hydrogen-bond donors (Lipinski definition) is 4. The number of rotatable bonds is 10. The maximum absolute atomic E-state index is 13.2. The fraction of sp³-hybridized carbons (Fsp3) is 0.316. The molecule has 0 bridgehead atoms. The maximum Gasteiger partial charge on any atom is 0.197 e. The number of carbonyl (C=O) groups is 1. The van der Waals surface area contributed by atoms with Gasteiger partial charge in [-0.05, 0) is 50.5 Å². The van der Waals surface area contributed by atoms with E-state index in [2.05, 4.69) is 21.3 Å². The van der Waals surface area contributed by atoms with Crippen LogP contribution in [0.25, 0.3) is 0 Å². The van der Waals surface area contributed by atoms with Crippen molar-refractivity contribution < 1.29 is 4.79 Å². The molecule has 0 spiro atoms. The van der Waals surface area contributed by atoms with Crippen LogP contribution in [-0.4, -0.2) is 46.1 Å². The Labute approximate surface area is 164 Å². The summed E-state index contributed by atoms with van der Waals surface area (Å²) in [7, 11) is 3.76. The zero-order valence-electron chi connectivity index (χ0n) is 15.0. The van der Waals surface area contributed by atoms with Gasteiger partial charge in [0.05, 0.1) is 0 Å². The second kappa shape index (κ2) is 10.4. The fourth-order valence-corrected chi connectivity index (χ4v) is 2.86. The Kier molecular flexibility index (Phi) is 8.19. The van der Waals surface area contributed by atoms with Gasteiger partial charge in [-0.15, -0.1) is 0 Å². The minimum Gasteiger partial charge on any atom is -0.383 e. The third-order valence-electron chi connectivity index (χ3n) is 3.83. The first-order chi connectivity index (χ1) is 12.6. The van der Waals surface area contributed by atoms with E-state index in [-0.39, 0.29) is 5.78 Å². The van der Waals surface area contributed by atoms with Gasteiger partial charge in [-0.25, -0.2) is 0 Å². The Hall–Kier alpha value is -1.79. The average Bonchev–Trinajstić information content (AvgIpc) is 2.62. The largest absolute Gasteiger partial charge is 0.383 e. The highest BCUT2D eigenvalue weighted by atomic mass is 35.5. The van der Waals surface area contributed by atoms with E-state index in [1.54, 1.807) is 36.4 Å². The summed E-state index contributed by atoms with van der Waals surface area (Å²) >= 11 is 12.2. The predicted octanol–water partition coefficient (Wildman–Crippen LogP) is 3.49. The van der Waals surface area contributed by atoms with E-state index in [4.69, 9.17) is 23.2 Å². The van der Waals surface area contributed by atoms with Crippen molar-refractivity contribution in [2.75, 3.05) is 50.9 Å². The van der Waals surface area contributed by atoms with Crippen molar-refractivity contribution in [3.8, 4) is 0 Å². The zero-order valence-corrected chi connectivity index (χ0v) is 16.5. The Bertz CT molecular complexity index is 691. The highest BCUT2D eigenvalue weighted by molar-refractivity contribution is 6.32. The summed E-state index contributed by atoms with van der Waals surface area (Å²) in [6.07, 6.45) is 0. The second-order valence-electron chi connectivity index (χ2n) is 5.77. The lowest BCUT2D eigenvalue weighted by atomic mass is 9.99. The molecule has 2 rings (SSSR count). The third-order valence-corrected chi connectivity index (χ3v) is 4.30. The Morgan fingerprint density at radius 1 is 0.769 bits per heavy atom. The van der Waals surface area contributed by atoms with Gasteiger partial charge in [-0.2, -0.15) is 0 Å². The molecule has 0 aliphatic heterocycles. The average molecular weight is 395 g/mol. The lowest BCUT2D eigenvalue weighted by Crippen LogP contribution is -2.20. The summed E-state index contributed by atoms with van der Waals surface area (Å²) in [6, 6.07) is 10.5. The number of ketones is 1. The first kappa shape index (κ1) is 20.5. The molecule has 0 heterocycles. The van der Waals surface area contributed by atoms with Crippen LogP contribution < -0.4 is 21.3 Å². The third kappa shape index (κ3) is 5.61. The molecule has 5 nitrogen and oxygen atoms in total. The van der Waals surface area contributed by atoms with Gasteiger partial charge in [-0.3, -0.25) is 4.79 Å². The standard InChI is InChI=1S/C19H24Cl2N4O/c1-22-7-9-24-17-11-13(20)3-5-15(17)19(26)16-6-4-14(21)12-18(16)25-10-8-23-2/h3-6,11-12,22-25H,7-10H2,1-2H3. The number of likely N-dealkylation sites (N-methyl/N-ethyl adjacent to an activating group) is 2. The van der Waals surface area contributed by atoms with Gasteiger partial charge >= 0.3 is 0 Å². The topological polar surface area (TPSA) is 65.2 Å². The van der Waals surface area contributed by atoms with Crippen molar-refractivity contribution in [2.45, 2.75) is 0 Å². The molecule has 140 valence electrons. The molecular weight excluding hydrogens is 371 g/mol. The van der Waals surface area contributed by atoms with Gasteiger partial charge in [0, 0.05) is 58.7 Å². The normalized spacial score (nSPS) is 10.6. The Balaban J connectivity index is 2.33. The fourth-order valence-electron chi connectivity index (χ4n) is 2.51. The van der Waals surface area contributed by atoms with Gasteiger partial charge in [0.15, 0.2) is 5.78 Å². The summed E-state index contributed by atoms with van der Waals surface area (Å²) in [5.41, 5.74) is 2.58. The number of anilines is 2. The highest BCUT2D eigenvalue weighted by Gasteiger charge is 2.18. The molecule has 0 fully saturated rings. The van der Waals surface area contributed by atoms with Crippen molar-refractivity contribution in [1.82, 2.24) is 10.6 Å². The molecule has 0 unspecified atom stereocenters. The van der Waals surface area contributed by atoms with Crippen LogP contribution in [0.5, 0.6) is 0 Å². The summed E-state index contributed by atoms with van der Waals surface area (Å²) in [5.74, 6) is -0.0859. The Morgan fingerprint density at radius 2 is 1.19 bits per heavy atom. The van der Waals surface area contributed by atoms with E-state index in [0.717, 1.165) is 13.1 Å². The van der Waals surface area contributed by atoms with E-state index in [0.29, 0.717) is 45.6 Å². The van der Waals surface area contributed by atoms with Crippen LogP contribution in [0.3, 0.4) is 0 Å². The molecule has 2 aromatic rings. The highest BCUT2D eigenvalue weighted by Crippen LogP contribution is 2.28. The monoisotopic (exact) mass is 394 g/mol. The molecule has 0 aromatic heterocycles. The van der Waals surface area contributed by atoms with E-state index >= 15 is 0 Å². The van der Waals surface area contributed by atoms with E-state index < -0.39 is 0 Å². The van der Waals surface area contributed by atoms with Gasteiger partial charge in [0.1, 0.15) is 0 Å². The van der Waals surface area contributed by atoms with Crippen molar-refractivity contribution >= 4 is 40.4 Å². The summed E-state index contributed by atoms with van der Waals surface area (Å²) < 4.78 is 0. The number of nitrogens with one attached hydrogen (secondary N) is 4. The Morgan fingerprint density at radius 3 is 1.58 bits per heavy atom. The van der Waals surface area contributed by atoms with Crippen molar-refractivity contribution in [3.63, 3.8) is 0 Å². The molecule has 0 aliphatic carbocycles. The van der Waals surface area contributed by atoms with E-state index in [1.165, 1.54) is 0 Å². The second-order valence-corrected chi connectivity index (χ2v) is 6.64.